The molecule has 1 saturated carbocycles. The highest BCUT2D eigenvalue weighted by molar-refractivity contribution is 5.90. The van der Waals surface area contributed by atoms with Gasteiger partial charge in [0.2, 0.25) is 5.91 Å². The Morgan fingerprint density at radius 2 is 1.79 bits per heavy atom. The summed E-state index contributed by atoms with van der Waals surface area (Å²) < 4.78 is 1.83. The first-order valence-electron chi connectivity index (χ1n) is 10.2. The zero-order chi connectivity index (χ0) is 19.3. The Morgan fingerprint density at radius 3 is 2.50 bits per heavy atom. The van der Waals surface area contributed by atoms with Crippen molar-refractivity contribution in [1.29, 1.82) is 0 Å². The van der Waals surface area contributed by atoms with Crippen molar-refractivity contribution in [3.63, 3.8) is 0 Å². The van der Waals surface area contributed by atoms with Gasteiger partial charge in [-0.25, -0.2) is 4.68 Å². The SMILES string of the molecule is Cc1ccc(-n2nc(-c3ccccc3)cc2NC(=O)CCC2CCCC2)cc1. The van der Waals surface area contributed by atoms with Crippen LogP contribution < -0.4 is 5.32 Å². The zero-order valence-electron chi connectivity index (χ0n) is 16.4. The summed E-state index contributed by atoms with van der Waals surface area (Å²) in [6.45, 7) is 2.06. The lowest BCUT2D eigenvalue weighted by atomic mass is 10.0. The third-order valence-corrected chi connectivity index (χ3v) is 5.58. The Bertz CT molecular complexity index is 922. The summed E-state index contributed by atoms with van der Waals surface area (Å²) in [5.74, 6) is 1.51. The van der Waals surface area contributed by atoms with E-state index in [9.17, 15) is 4.79 Å². The Balaban J connectivity index is 1.57. The molecule has 0 aliphatic heterocycles. The van der Waals surface area contributed by atoms with Gasteiger partial charge in [0.05, 0.1) is 11.4 Å². The minimum absolute atomic E-state index is 0.0692. The second-order valence-corrected chi connectivity index (χ2v) is 7.77. The molecule has 28 heavy (non-hydrogen) atoms. The van der Waals surface area contributed by atoms with Crippen LogP contribution in [0.1, 0.15) is 44.1 Å². The molecule has 1 fully saturated rings. The second kappa shape index (κ2) is 8.42. The van der Waals surface area contributed by atoms with Crippen molar-refractivity contribution in [1.82, 2.24) is 9.78 Å². The van der Waals surface area contributed by atoms with E-state index in [0.717, 1.165) is 29.2 Å². The molecule has 0 radical (unpaired) electrons. The largest absolute Gasteiger partial charge is 0.311 e. The molecule has 1 heterocycles. The topological polar surface area (TPSA) is 46.9 Å². The maximum absolute atomic E-state index is 12.6. The van der Waals surface area contributed by atoms with Gasteiger partial charge in [0, 0.05) is 18.1 Å². The number of nitrogens with one attached hydrogen (secondary N) is 1. The van der Waals surface area contributed by atoms with Gasteiger partial charge in [-0.15, -0.1) is 0 Å². The summed E-state index contributed by atoms with van der Waals surface area (Å²) in [6, 6.07) is 20.2. The van der Waals surface area contributed by atoms with E-state index in [2.05, 4.69) is 24.4 Å². The van der Waals surface area contributed by atoms with Gasteiger partial charge in [0.25, 0.3) is 0 Å². The molecular formula is C24H27N3O. The molecule has 0 saturated heterocycles. The second-order valence-electron chi connectivity index (χ2n) is 7.77. The minimum Gasteiger partial charge on any atom is -0.311 e. The number of hydrogen-bond donors (Lipinski definition) is 1. The summed E-state index contributed by atoms with van der Waals surface area (Å²) in [4.78, 5) is 12.6. The molecule has 1 aliphatic carbocycles. The number of aryl methyl sites for hydroxylation is 1. The van der Waals surface area contributed by atoms with Crippen LogP contribution in [0.15, 0.2) is 60.7 Å². The normalized spacial score (nSPS) is 14.3. The molecule has 1 aliphatic rings. The van der Waals surface area contributed by atoms with Gasteiger partial charge >= 0.3 is 0 Å². The smallest absolute Gasteiger partial charge is 0.225 e. The van der Waals surface area contributed by atoms with Gasteiger partial charge in [-0.3, -0.25) is 4.79 Å². The molecule has 0 unspecified atom stereocenters. The van der Waals surface area contributed by atoms with Crippen molar-refractivity contribution in [3.05, 3.63) is 66.2 Å². The molecule has 1 aromatic heterocycles. The summed E-state index contributed by atoms with van der Waals surface area (Å²) in [5, 5.41) is 7.87. The van der Waals surface area contributed by atoms with E-state index in [1.165, 1.54) is 31.2 Å². The predicted molar refractivity (Wildman–Crippen MR) is 114 cm³/mol. The van der Waals surface area contributed by atoms with Crippen LogP contribution in [0.4, 0.5) is 5.82 Å². The molecule has 4 heteroatoms. The minimum atomic E-state index is 0.0692. The number of carbonyl (C=O) groups is 1. The number of benzene rings is 2. The highest BCUT2D eigenvalue weighted by Crippen LogP contribution is 2.29. The van der Waals surface area contributed by atoms with Crippen molar-refractivity contribution in [2.45, 2.75) is 45.4 Å². The number of aromatic nitrogens is 2. The highest BCUT2D eigenvalue weighted by atomic mass is 16.1. The summed E-state index contributed by atoms with van der Waals surface area (Å²) in [7, 11) is 0. The number of carbonyl (C=O) groups excluding carboxylic acids is 1. The van der Waals surface area contributed by atoms with Gasteiger partial charge in [-0.05, 0) is 31.4 Å². The van der Waals surface area contributed by atoms with Gasteiger partial charge < -0.3 is 5.32 Å². The highest BCUT2D eigenvalue weighted by Gasteiger charge is 2.18. The Morgan fingerprint density at radius 1 is 1.07 bits per heavy atom. The predicted octanol–water partition coefficient (Wildman–Crippen LogP) is 5.76. The number of hydrogen-bond acceptors (Lipinski definition) is 2. The van der Waals surface area contributed by atoms with Crippen LogP contribution in [0, 0.1) is 12.8 Å². The van der Waals surface area contributed by atoms with Crippen LogP contribution in [0.5, 0.6) is 0 Å². The van der Waals surface area contributed by atoms with Crippen LogP contribution in [0.3, 0.4) is 0 Å². The monoisotopic (exact) mass is 373 g/mol. The number of nitrogens with zero attached hydrogens (tertiary/aromatic N) is 2. The quantitative estimate of drug-likeness (QED) is 0.597. The molecule has 0 bridgehead atoms. The van der Waals surface area contributed by atoms with E-state index >= 15 is 0 Å². The van der Waals surface area contributed by atoms with Crippen LogP contribution in [0.2, 0.25) is 0 Å². The summed E-state index contributed by atoms with van der Waals surface area (Å²) in [6.07, 6.45) is 6.72. The lowest BCUT2D eigenvalue weighted by molar-refractivity contribution is -0.116. The fourth-order valence-corrected chi connectivity index (χ4v) is 3.94. The fraction of sp³-hybridized carbons (Fsp3) is 0.333. The lowest BCUT2D eigenvalue weighted by Gasteiger charge is -2.11. The van der Waals surface area contributed by atoms with E-state index in [1.807, 2.05) is 53.2 Å². The molecule has 3 aromatic rings. The standard InChI is InChI=1S/C24H27N3O/c1-18-11-14-21(15-12-18)27-23(17-22(26-27)20-9-3-2-4-10-20)25-24(28)16-13-19-7-5-6-8-19/h2-4,9-12,14-15,17,19H,5-8,13,16H2,1H3,(H,25,28). The molecule has 0 spiro atoms. The van der Waals surface area contributed by atoms with E-state index < -0.39 is 0 Å². The van der Waals surface area contributed by atoms with Gasteiger partial charge in [-0.2, -0.15) is 5.10 Å². The maximum atomic E-state index is 12.6. The summed E-state index contributed by atoms with van der Waals surface area (Å²) in [5.41, 5.74) is 4.03. The Hall–Kier alpha value is -2.88. The number of amides is 1. The first-order valence-corrected chi connectivity index (χ1v) is 10.2. The van der Waals surface area contributed by atoms with Crippen LogP contribution >= 0.6 is 0 Å². The maximum Gasteiger partial charge on any atom is 0.225 e. The van der Waals surface area contributed by atoms with Gasteiger partial charge in [0.15, 0.2) is 0 Å². The molecule has 1 amide bonds. The molecule has 0 atom stereocenters. The fourth-order valence-electron chi connectivity index (χ4n) is 3.94. The molecule has 1 N–H and O–H groups in total. The van der Waals surface area contributed by atoms with Gasteiger partial charge in [0.1, 0.15) is 5.82 Å². The van der Waals surface area contributed by atoms with Crippen LogP contribution in [-0.2, 0) is 4.79 Å². The first-order chi connectivity index (χ1) is 13.7. The number of rotatable bonds is 6. The first kappa shape index (κ1) is 18.5. The molecule has 2 aromatic carbocycles. The average molecular weight is 374 g/mol. The molecule has 144 valence electrons. The molecular weight excluding hydrogens is 346 g/mol. The van der Waals surface area contributed by atoms with Crippen LogP contribution in [0.25, 0.3) is 16.9 Å². The third-order valence-electron chi connectivity index (χ3n) is 5.58. The van der Waals surface area contributed by atoms with Crippen molar-refractivity contribution in [3.8, 4) is 16.9 Å². The third kappa shape index (κ3) is 4.33. The Labute approximate surface area is 166 Å². The van der Waals surface area contributed by atoms with E-state index in [0.29, 0.717) is 12.3 Å². The average Bonchev–Trinajstić information content (AvgIpc) is 3.38. The van der Waals surface area contributed by atoms with E-state index in [1.54, 1.807) is 0 Å². The van der Waals surface area contributed by atoms with Crippen molar-refractivity contribution >= 4 is 11.7 Å². The van der Waals surface area contributed by atoms with Crippen molar-refractivity contribution in [2.75, 3.05) is 5.32 Å². The Kier molecular flexibility index (Phi) is 5.56. The van der Waals surface area contributed by atoms with E-state index in [4.69, 9.17) is 5.10 Å². The summed E-state index contributed by atoms with van der Waals surface area (Å²) >= 11 is 0. The molecule has 4 nitrogen and oxygen atoms in total. The lowest BCUT2D eigenvalue weighted by Crippen LogP contribution is -2.15. The molecule has 4 rings (SSSR count). The van der Waals surface area contributed by atoms with Crippen LogP contribution in [-0.4, -0.2) is 15.7 Å². The van der Waals surface area contributed by atoms with Gasteiger partial charge in [-0.1, -0.05) is 73.7 Å². The van der Waals surface area contributed by atoms with Crippen molar-refractivity contribution < 1.29 is 4.79 Å². The zero-order valence-corrected chi connectivity index (χ0v) is 16.4. The van der Waals surface area contributed by atoms with Crippen molar-refractivity contribution in [2.24, 2.45) is 5.92 Å². The van der Waals surface area contributed by atoms with E-state index in [-0.39, 0.29) is 5.91 Å². The number of anilines is 1.